The summed E-state index contributed by atoms with van der Waals surface area (Å²) in [7, 11) is 0.208. The number of hydrogen-bond acceptors (Lipinski definition) is 7. The maximum atomic E-state index is 13.1. The quantitative estimate of drug-likeness (QED) is 0.594. The van der Waals surface area contributed by atoms with Crippen LogP contribution in [0.1, 0.15) is 48.7 Å². The number of sulfonamides is 1. The van der Waals surface area contributed by atoms with E-state index >= 15 is 0 Å². The van der Waals surface area contributed by atoms with Crippen LogP contribution in [-0.2, 0) is 35.5 Å². The van der Waals surface area contributed by atoms with Crippen LogP contribution in [-0.4, -0.2) is 36.7 Å². The number of hydrogen-bond donors (Lipinski definition) is 1. The first-order chi connectivity index (χ1) is 15.5. The van der Waals surface area contributed by atoms with Gasteiger partial charge in [0.2, 0.25) is 10.0 Å². The number of carbonyl (C=O) groups is 1. The molecule has 1 aliphatic carbocycles. The fourth-order valence-corrected chi connectivity index (χ4v) is 5.48. The van der Waals surface area contributed by atoms with E-state index in [1.165, 1.54) is 50.0 Å². The molecule has 2 atom stereocenters. The van der Waals surface area contributed by atoms with E-state index in [1.54, 1.807) is 0 Å². The minimum absolute atomic E-state index is 0.00158. The summed E-state index contributed by atoms with van der Waals surface area (Å²) in [6, 6.07) is 5.01. The van der Waals surface area contributed by atoms with Gasteiger partial charge in [0.15, 0.2) is 0 Å². The van der Waals surface area contributed by atoms with Gasteiger partial charge in [-0.25, -0.2) is 22.7 Å². The lowest BCUT2D eigenvalue weighted by atomic mass is 9.87. The first kappa shape index (κ1) is 24.7. The lowest BCUT2D eigenvalue weighted by molar-refractivity contribution is 0.0462. The SMILES string of the molecule is COc1ccc(C(=O)OCc2cc(=O)n(C)c(=O)n2C)cc1S(=O)(=O)N[C@H]1CCCC[C@@H]1C. The Morgan fingerprint density at radius 1 is 1.12 bits per heavy atom. The van der Waals surface area contributed by atoms with E-state index in [0.717, 1.165) is 30.3 Å². The van der Waals surface area contributed by atoms with Crippen molar-refractivity contribution in [2.45, 2.75) is 50.2 Å². The molecule has 1 fully saturated rings. The van der Waals surface area contributed by atoms with E-state index in [0.29, 0.717) is 0 Å². The van der Waals surface area contributed by atoms with Crippen molar-refractivity contribution in [3.8, 4) is 5.75 Å². The standard InChI is InChI=1S/C22H29N3O7S/c1-14-7-5-6-8-17(14)23-33(29,30)19-11-15(9-10-18(19)31-4)21(27)32-13-16-12-20(26)25(3)22(28)24(16)2/h9-12,14,17,23H,5-8,13H2,1-4H3/t14-,17-/m0/s1. The molecule has 3 rings (SSSR count). The molecule has 10 nitrogen and oxygen atoms in total. The number of rotatable bonds is 7. The van der Waals surface area contributed by atoms with Crippen LogP contribution in [0.2, 0.25) is 0 Å². The third kappa shape index (κ3) is 5.36. The first-order valence-corrected chi connectivity index (χ1v) is 12.2. The summed E-state index contributed by atoms with van der Waals surface area (Å²) in [4.78, 5) is 36.4. The van der Waals surface area contributed by atoms with Gasteiger partial charge in [-0.15, -0.1) is 0 Å². The van der Waals surface area contributed by atoms with Crippen LogP contribution in [0.4, 0.5) is 0 Å². The summed E-state index contributed by atoms with van der Waals surface area (Å²) in [5.74, 6) is -0.484. The van der Waals surface area contributed by atoms with Gasteiger partial charge in [-0.1, -0.05) is 19.8 Å². The van der Waals surface area contributed by atoms with Gasteiger partial charge in [0.1, 0.15) is 17.3 Å². The van der Waals surface area contributed by atoms with E-state index in [9.17, 15) is 22.8 Å². The molecule has 1 aromatic heterocycles. The van der Waals surface area contributed by atoms with Crippen LogP contribution in [0.25, 0.3) is 0 Å². The molecule has 11 heteroatoms. The molecule has 1 saturated carbocycles. The van der Waals surface area contributed by atoms with E-state index < -0.39 is 27.2 Å². The van der Waals surface area contributed by atoms with Gasteiger partial charge < -0.3 is 9.47 Å². The molecule has 0 bridgehead atoms. The predicted molar refractivity (Wildman–Crippen MR) is 121 cm³/mol. The molecule has 1 aliphatic rings. The second-order valence-electron chi connectivity index (χ2n) is 8.31. The highest BCUT2D eigenvalue weighted by Gasteiger charge is 2.29. The third-order valence-corrected chi connectivity index (χ3v) is 7.59. The molecule has 180 valence electrons. The molecule has 0 aliphatic heterocycles. The molecule has 1 N–H and O–H groups in total. The summed E-state index contributed by atoms with van der Waals surface area (Å²) in [5.41, 5.74) is -0.855. The van der Waals surface area contributed by atoms with Crippen molar-refractivity contribution in [3.63, 3.8) is 0 Å². The van der Waals surface area contributed by atoms with E-state index in [-0.39, 0.29) is 40.5 Å². The number of esters is 1. The number of ether oxygens (including phenoxy) is 2. The fraction of sp³-hybridized carbons (Fsp3) is 0.500. The number of aromatic nitrogens is 2. The summed E-state index contributed by atoms with van der Waals surface area (Å²) in [5, 5.41) is 0. The number of carbonyl (C=O) groups excluding carboxylic acids is 1. The molecular formula is C22H29N3O7S. The molecule has 0 amide bonds. The van der Waals surface area contributed by atoms with Gasteiger partial charge in [-0.05, 0) is 37.0 Å². The lowest BCUT2D eigenvalue weighted by Crippen LogP contribution is -2.41. The van der Waals surface area contributed by atoms with Crippen molar-refractivity contribution in [2.75, 3.05) is 7.11 Å². The molecule has 33 heavy (non-hydrogen) atoms. The summed E-state index contributed by atoms with van der Waals surface area (Å²) < 4.78 is 41.6. The zero-order chi connectivity index (χ0) is 24.3. The van der Waals surface area contributed by atoms with Crippen molar-refractivity contribution >= 4 is 16.0 Å². The van der Waals surface area contributed by atoms with E-state index in [1.807, 2.05) is 6.92 Å². The van der Waals surface area contributed by atoms with Gasteiger partial charge in [-0.2, -0.15) is 0 Å². The smallest absolute Gasteiger partial charge is 0.338 e. The minimum Gasteiger partial charge on any atom is -0.495 e. The Hall–Kier alpha value is -2.92. The van der Waals surface area contributed by atoms with Crippen LogP contribution in [0.15, 0.2) is 38.8 Å². The maximum Gasteiger partial charge on any atom is 0.338 e. The monoisotopic (exact) mass is 479 g/mol. The first-order valence-electron chi connectivity index (χ1n) is 10.7. The minimum atomic E-state index is -3.95. The van der Waals surface area contributed by atoms with Crippen LogP contribution in [0.3, 0.4) is 0 Å². The predicted octanol–water partition coefficient (Wildman–Crippen LogP) is 1.31. The molecule has 0 radical (unpaired) electrons. The highest BCUT2D eigenvalue weighted by Crippen LogP contribution is 2.29. The second-order valence-corrected chi connectivity index (χ2v) is 9.99. The van der Waals surface area contributed by atoms with Crippen molar-refractivity contribution in [1.29, 1.82) is 0 Å². The summed E-state index contributed by atoms with van der Waals surface area (Å²) in [6.45, 7) is 1.69. The molecule has 1 heterocycles. The maximum absolute atomic E-state index is 13.1. The zero-order valence-corrected chi connectivity index (χ0v) is 20.0. The Bertz CT molecular complexity index is 1260. The Labute approximate surface area is 192 Å². The third-order valence-electron chi connectivity index (χ3n) is 6.08. The van der Waals surface area contributed by atoms with Gasteiger partial charge in [-0.3, -0.25) is 13.9 Å². The van der Waals surface area contributed by atoms with Crippen LogP contribution in [0.5, 0.6) is 5.75 Å². The number of nitrogens with one attached hydrogen (secondary N) is 1. The second kappa shape index (κ2) is 9.92. The molecule has 0 spiro atoms. The van der Waals surface area contributed by atoms with Crippen LogP contribution < -0.4 is 20.7 Å². The van der Waals surface area contributed by atoms with Crippen molar-refractivity contribution < 1.29 is 22.7 Å². The largest absolute Gasteiger partial charge is 0.495 e. The molecule has 2 aromatic rings. The molecule has 0 unspecified atom stereocenters. The topological polar surface area (TPSA) is 126 Å². The molecule has 1 aromatic carbocycles. The van der Waals surface area contributed by atoms with Crippen molar-refractivity contribution in [1.82, 2.24) is 13.9 Å². The van der Waals surface area contributed by atoms with E-state index in [2.05, 4.69) is 4.72 Å². The van der Waals surface area contributed by atoms with Crippen LogP contribution in [0, 0.1) is 5.92 Å². The van der Waals surface area contributed by atoms with Crippen LogP contribution >= 0.6 is 0 Å². The average Bonchev–Trinajstić information content (AvgIpc) is 2.79. The number of nitrogens with zero attached hydrogens (tertiary/aromatic N) is 2. The summed E-state index contributed by atoms with van der Waals surface area (Å²) in [6.07, 6.45) is 3.72. The molecule has 0 saturated heterocycles. The number of benzene rings is 1. The van der Waals surface area contributed by atoms with Gasteiger partial charge in [0, 0.05) is 26.2 Å². The Morgan fingerprint density at radius 3 is 2.48 bits per heavy atom. The van der Waals surface area contributed by atoms with Gasteiger partial charge >= 0.3 is 11.7 Å². The normalized spacial score (nSPS) is 18.7. The Balaban J connectivity index is 1.83. The highest BCUT2D eigenvalue weighted by molar-refractivity contribution is 7.89. The average molecular weight is 480 g/mol. The Kier molecular flexibility index (Phi) is 7.43. The lowest BCUT2D eigenvalue weighted by Gasteiger charge is -2.29. The highest BCUT2D eigenvalue weighted by atomic mass is 32.2. The zero-order valence-electron chi connectivity index (χ0n) is 19.2. The number of methoxy groups -OCH3 is 1. The van der Waals surface area contributed by atoms with Gasteiger partial charge in [0.25, 0.3) is 5.56 Å². The van der Waals surface area contributed by atoms with E-state index in [4.69, 9.17) is 9.47 Å². The van der Waals surface area contributed by atoms with Crippen molar-refractivity contribution in [3.05, 3.63) is 56.4 Å². The molecular weight excluding hydrogens is 450 g/mol. The fourth-order valence-electron chi connectivity index (χ4n) is 3.91. The van der Waals surface area contributed by atoms with Gasteiger partial charge in [0.05, 0.1) is 18.4 Å². The Morgan fingerprint density at radius 2 is 1.82 bits per heavy atom. The summed E-state index contributed by atoms with van der Waals surface area (Å²) >= 11 is 0. The van der Waals surface area contributed by atoms with Crippen molar-refractivity contribution in [2.24, 2.45) is 20.0 Å².